The fraction of sp³-hybridized carbons (Fsp3) is 0.600. The monoisotopic (exact) mass is 377 g/mol. The molecular formula is C20H31NO4Si. The molecule has 1 aromatic carbocycles. The minimum Gasteiger partial charge on any atom is -0.464 e. The predicted molar refractivity (Wildman–Crippen MR) is 105 cm³/mol. The lowest BCUT2D eigenvalue weighted by Gasteiger charge is -2.35. The number of carbonyl (C=O) groups is 2. The van der Waals surface area contributed by atoms with E-state index in [1.54, 1.807) is 0 Å². The van der Waals surface area contributed by atoms with Crippen LogP contribution in [0.15, 0.2) is 30.3 Å². The van der Waals surface area contributed by atoms with Crippen LogP contribution in [0.25, 0.3) is 0 Å². The Hall–Kier alpha value is -1.82. The van der Waals surface area contributed by atoms with Gasteiger partial charge in [0.15, 0.2) is 0 Å². The van der Waals surface area contributed by atoms with E-state index in [9.17, 15) is 9.59 Å². The minimum absolute atomic E-state index is 0.188. The van der Waals surface area contributed by atoms with Crippen molar-refractivity contribution in [3.8, 4) is 0 Å². The van der Waals surface area contributed by atoms with E-state index in [2.05, 4.69) is 25.0 Å². The molecule has 0 saturated heterocycles. The topological polar surface area (TPSA) is 64.6 Å². The molecular weight excluding hydrogens is 346 g/mol. The number of hydrogen-bond acceptors (Lipinski definition) is 4. The van der Waals surface area contributed by atoms with Crippen molar-refractivity contribution in [1.29, 1.82) is 0 Å². The number of alkyl carbamates (subject to hydrolysis) is 1. The number of benzene rings is 1. The SMILES string of the molecule is C[Si](C)(C)CCOC(=O)C1(NC(=O)OCc2ccccc2)CCCCC1. The Bertz CT molecular complexity index is 592. The van der Waals surface area contributed by atoms with Gasteiger partial charge in [-0.1, -0.05) is 69.2 Å². The minimum atomic E-state index is -1.27. The number of amides is 1. The second-order valence-electron chi connectivity index (χ2n) is 8.28. The lowest BCUT2D eigenvalue weighted by Crippen LogP contribution is -2.56. The summed E-state index contributed by atoms with van der Waals surface area (Å²) in [4.78, 5) is 25.0. The number of nitrogens with one attached hydrogen (secondary N) is 1. The van der Waals surface area contributed by atoms with Gasteiger partial charge in [0, 0.05) is 8.07 Å². The van der Waals surface area contributed by atoms with Crippen molar-refractivity contribution in [2.75, 3.05) is 6.61 Å². The van der Waals surface area contributed by atoms with Crippen molar-refractivity contribution in [3.05, 3.63) is 35.9 Å². The Kier molecular flexibility index (Phi) is 7.26. The molecule has 1 aliphatic rings. The second kappa shape index (κ2) is 9.21. The fourth-order valence-corrected chi connectivity index (χ4v) is 3.79. The van der Waals surface area contributed by atoms with Crippen LogP contribution in [0, 0.1) is 0 Å². The number of hydrogen-bond donors (Lipinski definition) is 1. The summed E-state index contributed by atoms with van der Waals surface area (Å²) < 4.78 is 10.9. The van der Waals surface area contributed by atoms with Crippen LogP contribution < -0.4 is 5.32 Å². The molecule has 0 spiro atoms. The molecule has 6 heteroatoms. The van der Waals surface area contributed by atoms with E-state index in [1.165, 1.54) is 0 Å². The van der Waals surface area contributed by atoms with Gasteiger partial charge in [-0.25, -0.2) is 9.59 Å². The van der Waals surface area contributed by atoms with Gasteiger partial charge in [0.2, 0.25) is 0 Å². The largest absolute Gasteiger partial charge is 0.464 e. The van der Waals surface area contributed by atoms with Crippen LogP contribution in [0.3, 0.4) is 0 Å². The standard InChI is InChI=1S/C20H31NO4Si/c1-26(2,3)15-14-24-18(22)20(12-8-5-9-13-20)21-19(23)25-16-17-10-6-4-7-11-17/h4,6-7,10-11H,5,8-9,12-16H2,1-3H3,(H,21,23). The van der Waals surface area contributed by atoms with Crippen molar-refractivity contribution in [2.45, 2.75) is 69.9 Å². The Labute approximate surface area is 157 Å². The third kappa shape index (κ3) is 6.48. The zero-order chi connectivity index (χ0) is 19.0. The zero-order valence-corrected chi connectivity index (χ0v) is 17.2. The summed E-state index contributed by atoms with van der Waals surface area (Å²) in [5, 5.41) is 2.83. The molecule has 0 unspecified atom stereocenters. The lowest BCUT2D eigenvalue weighted by molar-refractivity contribution is -0.152. The zero-order valence-electron chi connectivity index (χ0n) is 16.2. The van der Waals surface area contributed by atoms with Crippen LogP contribution in [0.5, 0.6) is 0 Å². The molecule has 1 aliphatic carbocycles. The van der Waals surface area contributed by atoms with Gasteiger partial charge in [0.25, 0.3) is 0 Å². The average molecular weight is 378 g/mol. The Morgan fingerprint density at radius 1 is 1.04 bits per heavy atom. The maximum atomic E-state index is 12.7. The second-order valence-corrected chi connectivity index (χ2v) is 13.9. The first kappa shape index (κ1) is 20.5. The Balaban J connectivity index is 1.92. The molecule has 0 heterocycles. The van der Waals surface area contributed by atoms with Crippen LogP contribution in [0.1, 0.15) is 37.7 Å². The van der Waals surface area contributed by atoms with E-state index < -0.39 is 19.7 Å². The molecule has 1 N–H and O–H groups in total. The molecule has 0 bridgehead atoms. The van der Waals surface area contributed by atoms with Gasteiger partial charge in [-0.05, 0) is 24.4 Å². The van der Waals surface area contributed by atoms with E-state index >= 15 is 0 Å². The maximum absolute atomic E-state index is 12.7. The van der Waals surface area contributed by atoms with Crippen molar-refractivity contribution < 1.29 is 19.1 Å². The Morgan fingerprint density at radius 2 is 1.69 bits per heavy atom. The van der Waals surface area contributed by atoms with Crippen LogP contribution in [-0.2, 0) is 20.9 Å². The van der Waals surface area contributed by atoms with Crippen LogP contribution in [0.4, 0.5) is 4.79 Å². The Morgan fingerprint density at radius 3 is 2.31 bits per heavy atom. The maximum Gasteiger partial charge on any atom is 0.408 e. The van der Waals surface area contributed by atoms with Gasteiger partial charge in [-0.3, -0.25) is 0 Å². The lowest BCUT2D eigenvalue weighted by atomic mass is 9.82. The van der Waals surface area contributed by atoms with Crippen LogP contribution in [-0.4, -0.2) is 32.3 Å². The van der Waals surface area contributed by atoms with Crippen molar-refractivity contribution in [2.24, 2.45) is 0 Å². The summed E-state index contributed by atoms with van der Waals surface area (Å²) >= 11 is 0. The quantitative estimate of drug-likeness (QED) is 0.561. The highest BCUT2D eigenvalue weighted by Crippen LogP contribution is 2.30. The number of rotatable bonds is 7. The van der Waals surface area contributed by atoms with Crippen LogP contribution in [0.2, 0.25) is 25.7 Å². The summed E-state index contributed by atoms with van der Waals surface area (Å²) in [6.45, 7) is 7.35. The molecule has 0 aliphatic heterocycles. The van der Waals surface area contributed by atoms with E-state index in [1.807, 2.05) is 30.3 Å². The third-order valence-electron chi connectivity index (χ3n) is 4.74. The molecule has 0 atom stereocenters. The van der Waals surface area contributed by atoms with Gasteiger partial charge >= 0.3 is 12.1 Å². The van der Waals surface area contributed by atoms with E-state index in [0.717, 1.165) is 30.9 Å². The highest BCUT2D eigenvalue weighted by atomic mass is 28.3. The van der Waals surface area contributed by atoms with E-state index in [0.29, 0.717) is 19.4 Å². The first-order chi connectivity index (χ1) is 12.3. The molecule has 0 radical (unpaired) electrons. The summed E-state index contributed by atoms with van der Waals surface area (Å²) in [5.41, 5.74) is -0.0242. The summed E-state index contributed by atoms with van der Waals surface area (Å²) in [6.07, 6.45) is 3.55. The summed E-state index contributed by atoms with van der Waals surface area (Å²) in [5.74, 6) is -0.313. The van der Waals surface area contributed by atoms with Gasteiger partial charge in [-0.2, -0.15) is 0 Å². The van der Waals surface area contributed by atoms with Gasteiger partial charge < -0.3 is 14.8 Å². The third-order valence-corrected chi connectivity index (χ3v) is 6.44. The van der Waals surface area contributed by atoms with Gasteiger partial charge in [0.05, 0.1) is 6.61 Å². The average Bonchev–Trinajstić information content (AvgIpc) is 2.60. The smallest absolute Gasteiger partial charge is 0.408 e. The normalized spacial score (nSPS) is 16.6. The van der Waals surface area contributed by atoms with Crippen molar-refractivity contribution in [1.82, 2.24) is 5.32 Å². The molecule has 26 heavy (non-hydrogen) atoms. The molecule has 1 saturated carbocycles. The van der Waals surface area contributed by atoms with Crippen molar-refractivity contribution in [3.63, 3.8) is 0 Å². The molecule has 5 nitrogen and oxygen atoms in total. The molecule has 2 rings (SSSR count). The summed E-state index contributed by atoms with van der Waals surface area (Å²) in [6, 6.07) is 10.4. The van der Waals surface area contributed by atoms with Gasteiger partial charge in [0.1, 0.15) is 12.1 Å². The highest BCUT2D eigenvalue weighted by molar-refractivity contribution is 6.76. The molecule has 1 amide bonds. The van der Waals surface area contributed by atoms with Crippen molar-refractivity contribution >= 4 is 20.1 Å². The molecule has 0 aromatic heterocycles. The molecule has 1 fully saturated rings. The predicted octanol–water partition coefficient (Wildman–Crippen LogP) is 4.50. The first-order valence-corrected chi connectivity index (χ1v) is 13.2. The van der Waals surface area contributed by atoms with Gasteiger partial charge in [-0.15, -0.1) is 0 Å². The summed E-state index contributed by atoms with van der Waals surface area (Å²) in [7, 11) is -1.27. The molecule has 144 valence electrons. The number of esters is 1. The van der Waals surface area contributed by atoms with E-state index in [4.69, 9.17) is 9.47 Å². The fourth-order valence-electron chi connectivity index (χ4n) is 3.08. The molecule has 1 aromatic rings. The first-order valence-electron chi connectivity index (χ1n) is 9.47. The highest BCUT2D eigenvalue weighted by Gasteiger charge is 2.43. The van der Waals surface area contributed by atoms with Crippen LogP contribution >= 0.6 is 0 Å². The van der Waals surface area contributed by atoms with E-state index in [-0.39, 0.29) is 12.6 Å². The number of ether oxygens (including phenoxy) is 2. The number of carbonyl (C=O) groups excluding carboxylic acids is 2.